The second-order valence-corrected chi connectivity index (χ2v) is 9.05. The lowest BCUT2D eigenvalue weighted by Crippen LogP contribution is -2.49. The van der Waals surface area contributed by atoms with Crippen LogP contribution in [0, 0.1) is 0 Å². The smallest absolute Gasteiger partial charge is 0.308 e. The second-order valence-electron chi connectivity index (χ2n) is 8.14. The standard InChI is InChI=1S/C24H22BrN3O6/c1-14(29)34-18-4-2-3-15(11-18)22(31)26-17-7-9-27(10-8-17)21(30)13-28-23(32)19-6-5-16(25)12-20(19)24(28)33/h2-6,11-12,17H,7-10,13H2,1H3,(H,26,31). The fourth-order valence-corrected chi connectivity index (χ4v) is 4.41. The number of carbonyl (C=O) groups excluding carboxylic acids is 5. The molecule has 0 aromatic heterocycles. The van der Waals surface area contributed by atoms with Gasteiger partial charge in [0.1, 0.15) is 12.3 Å². The number of ether oxygens (including phenoxy) is 1. The quantitative estimate of drug-likeness (QED) is 0.363. The summed E-state index contributed by atoms with van der Waals surface area (Å²) in [4.78, 5) is 64.2. The van der Waals surface area contributed by atoms with Crippen molar-refractivity contribution < 1.29 is 28.7 Å². The largest absolute Gasteiger partial charge is 0.427 e. The molecule has 1 fully saturated rings. The average molecular weight is 528 g/mol. The molecule has 1 N–H and O–H groups in total. The van der Waals surface area contributed by atoms with Crippen LogP contribution in [0.5, 0.6) is 5.75 Å². The first-order valence-corrected chi connectivity index (χ1v) is 11.5. The Kier molecular flexibility index (Phi) is 6.78. The van der Waals surface area contributed by atoms with E-state index >= 15 is 0 Å². The topological polar surface area (TPSA) is 113 Å². The van der Waals surface area contributed by atoms with Gasteiger partial charge in [0, 0.05) is 36.1 Å². The number of imide groups is 1. The molecule has 0 radical (unpaired) electrons. The van der Waals surface area contributed by atoms with Gasteiger partial charge in [-0.15, -0.1) is 0 Å². The van der Waals surface area contributed by atoms with E-state index in [-0.39, 0.29) is 30.0 Å². The predicted octanol–water partition coefficient (Wildman–Crippen LogP) is 2.39. The lowest BCUT2D eigenvalue weighted by atomic mass is 10.0. The van der Waals surface area contributed by atoms with E-state index in [0.29, 0.717) is 47.3 Å². The van der Waals surface area contributed by atoms with E-state index in [0.717, 1.165) is 4.90 Å². The Morgan fingerprint density at radius 3 is 2.44 bits per heavy atom. The molecule has 34 heavy (non-hydrogen) atoms. The van der Waals surface area contributed by atoms with Crippen molar-refractivity contribution in [3.05, 3.63) is 63.6 Å². The van der Waals surface area contributed by atoms with Gasteiger partial charge >= 0.3 is 5.97 Å². The third-order valence-corrected chi connectivity index (χ3v) is 6.26. The van der Waals surface area contributed by atoms with Gasteiger partial charge in [0.25, 0.3) is 17.7 Å². The minimum Gasteiger partial charge on any atom is -0.427 e. The number of piperidine rings is 1. The molecule has 0 aliphatic carbocycles. The maximum Gasteiger partial charge on any atom is 0.308 e. The molecule has 2 aliphatic heterocycles. The molecular weight excluding hydrogens is 506 g/mol. The van der Waals surface area contributed by atoms with E-state index in [2.05, 4.69) is 21.2 Å². The minimum absolute atomic E-state index is 0.134. The summed E-state index contributed by atoms with van der Waals surface area (Å²) in [5.74, 6) is -1.74. The van der Waals surface area contributed by atoms with E-state index < -0.39 is 17.8 Å². The van der Waals surface area contributed by atoms with Crippen molar-refractivity contribution in [1.82, 2.24) is 15.1 Å². The van der Waals surface area contributed by atoms with Crippen LogP contribution in [0.4, 0.5) is 0 Å². The Bertz CT molecular complexity index is 1190. The van der Waals surface area contributed by atoms with Crippen LogP contribution >= 0.6 is 15.9 Å². The number of carbonyl (C=O) groups is 5. The van der Waals surface area contributed by atoms with Crippen LogP contribution in [0.1, 0.15) is 50.8 Å². The summed E-state index contributed by atoms with van der Waals surface area (Å²) in [6.45, 7) is 1.76. The van der Waals surface area contributed by atoms with Gasteiger partial charge in [0.15, 0.2) is 0 Å². The molecule has 176 valence electrons. The molecule has 1 saturated heterocycles. The number of fused-ring (bicyclic) bond motifs is 1. The molecule has 4 rings (SSSR count). The zero-order chi connectivity index (χ0) is 24.4. The van der Waals surface area contributed by atoms with Crippen LogP contribution in [0.3, 0.4) is 0 Å². The van der Waals surface area contributed by atoms with Crippen LogP contribution < -0.4 is 10.1 Å². The number of halogens is 1. The van der Waals surface area contributed by atoms with Crippen LogP contribution in [-0.2, 0) is 9.59 Å². The maximum atomic E-state index is 12.8. The highest BCUT2D eigenvalue weighted by Gasteiger charge is 2.38. The first kappa shape index (κ1) is 23.6. The van der Waals surface area contributed by atoms with Crippen molar-refractivity contribution >= 4 is 45.5 Å². The van der Waals surface area contributed by atoms with Gasteiger partial charge in [0.05, 0.1) is 11.1 Å². The molecule has 4 amide bonds. The molecular formula is C24H22BrN3O6. The Balaban J connectivity index is 1.30. The van der Waals surface area contributed by atoms with Crippen molar-refractivity contribution in [3.63, 3.8) is 0 Å². The fourth-order valence-electron chi connectivity index (χ4n) is 4.05. The summed E-state index contributed by atoms with van der Waals surface area (Å²) in [5.41, 5.74) is 0.945. The summed E-state index contributed by atoms with van der Waals surface area (Å²) in [6.07, 6.45) is 1.08. The highest BCUT2D eigenvalue weighted by Crippen LogP contribution is 2.26. The van der Waals surface area contributed by atoms with Crippen LogP contribution in [-0.4, -0.2) is 65.1 Å². The summed E-state index contributed by atoms with van der Waals surface area (Å²) in [6, 6.07) is 11.0. The van der Waals surface area contributed by atoms with Crippen molar-refractivity contribution in [2.75, 3.05) is 19.6 Å². The van der Waals surface area contributed by atoms with Gasteiger partial charge in [0.2, 0.25) is 5.91 Å². The molecule has 9 nitrogen and oxygen atoms in total. The Morgan fingerprint density at radius 1 is 1.03 bits per heavy atom. The van der Waals surface area contributed by atoms with Crippen molar-refractivity contribution in [2.45, 2.75) is 25.8 Å². The zero-order valence-corrected chi connectivity index (χ0v) is 20.0. The third kappa shape index (κ3) is 5.01. The first-order valence-electron chi connectivity index (χ1n) is 10.8. The maximum absolute atomic E-state index is 12.8. The van der Waals surface area contributed by atoms with Crippen LogP contribution in [0.15, 0.2) is 46.9 Å². The van der Waals surface area contributed by atoms with Gasteiger partial charge in [-0.2, -0.15) is 0 Å². The van der Waals surface area contributed by atoms with Gasteiger partial charge in [-0.3, -0.25) is 28.9 Å². The molecule has 0 spiro atoms. The SMILES string of the molecule is CC(=O)Oc1cccc(C(=O)NC2CCN(C(=O)CN3C(=O)c4ccc(Br)cc4C3=O)CC2)c1. The van der Waals surface area contributed by atoms with Crippen molar-refractivity contribution in [3.8, 4) is 5.75 Å². The number of amides is 4. The summed E-state index contributed by atoms with van der Waals surface area (Å²) >= 11 is 3.29. The number of hydrogen-bond acceptors (Lipinski definition) is 6. The Morgan fingerprint density at radius 2 is 1.74 bits per heavy atom. The van der Waals surface area contributed by atoms with E-state index in [1.807, 2.05) is 0 Å². The number of likely N-dealkylation sites (tertiary alicyclic amines) is 1. The van der Waals surface area contributed by atoms with Gasteiger partial charge < -0.3 is 15.0 Å². The van der Waals surface area contributed by atoms with Crippen molar-refractivity contribution in [2.24, 2.45) is 0 Å². The minimum atomic E-state index is -0.479. The predicted molar refractivity (Wildman–Crippen MR) is 124 cm³/mol. The molecule has 0 unspecified atom stereocenters. The third-order valence-electron chi connectivity index (χ3n) is 5.77. The summed E-state index contributed by atoms with van der Waals surface area (Å²) < 4.78 is 5.70. The van der Waals surface area contributed by atoms with Gasteiger partial charge in [-0.1, -0.05) is 22.0 Å². The number of nitrogens with one attached hydrogen (secondary N) is 1. The Labute approximate surface area is 204 Å². The van der Waals surface area contributed by atoms with E-state index in [1.54, 1.807) is 41.3 Å². The van der Waals surface area contributed by atoms with Crippen molar-refractivity contribution in [1.29, 1.82) is 0 Å². The van der Waals surface area contributed by atoms with Gasteiger partial charge in [-0.05, 0) is 49.2 Å². The molecule has 10 heteroatoms. The second kappa shape index (κ2) is 9.76. The lowest BCUT2D eigenvalue weighted by molar-refractivity contribution is -0.133. The summed E-state index contributed by atoms with van der Waals surface area (Å²) in [5, 5.41) is 2.94. The monoisotopic (exact) mass is 527 g/mol. The van der Waals surface area contributed by atoms with Gasteiger partial charge in [-0.25, -0.2) is 0 Å². The molecule has 0 saturated carbocycles. The average Bonchev–Trinajstić information content (AvgIpc) is 3.03. The molecule has 0 atom stereocenters. The number of rotatable bonds is 5. The highest BCUT2D eigenvalue weighted by molar-refractivity contribution is 9.10. The number of nitrogens with zero attached hydrogens (tertiary/aromatic N) is 2. The zero-order valence-electron chi connectivity index (χ0n) is 18.4. The van der Waals surface area contributed by atoms with Crippen LogP contribution in [0.2, 0.25) is 0 Å². The lowest BCUT2D eigenvalue weighted by Gasteiger charge is -2.33. The molecule has 2 aromatic rings. The van der Waals surface area contributed by atoms with E-state index in [4.69, 9.17) is 4.74 Å². The van der Waals surface area contributed by atoms with E-state index in [9.17, 15) is 24.0 Å². The number of hydrogen-bond donors (Lipinski definition) is 1. The first-order chi connectivity index (χ1) is 16.2. The molecule has 2 heterocycles. The number of benzene rings is 2. The normalized spacial score (nSPS) is 15.8. The Hall–Kier alpha value is -3.53. The highest BCUT2D eigenvalue weighted by atomic mass is 79.9. The molecule has 2 aromatic carbocycles. The molecule has 2 aliphatic rings. The fraction of sp³-hybridized carbons (Fsp3) is 0.292. The van der Waals surface area contributed by atoms with Crippen LogP contribution in [0.25, 0.3) is 0 Å². The molecule has 0 bridgehead atoms. The number of esters is 1. The van der Waals surface area contributed by atoms with E-state index in [1.165, 1.54) is 13.0 Å². The summed E-state index contributed by atoms with van der Waals surface area (Å²) in [7, 11) is 0.